The Morgan fingerprint density at radius 3 is 2.44 bits per heavy atom. The molecule has 1 aromatic rings. The quantitative estimate of drug-likeness (QED) is 0.601. The molecule has 146 valence electrons. The number of amides is 3. The molecule has 1 saturated heterocycles. The van der Waals surface area contributed by atoms with Crippen LogP contribution in [0.15, 0.2) is 29.2 Å². The highest BCUT2D eigenvalue weighted by molar-refractivity contribution is 8.18. The highest BCUT2D eigenvalue weighted by Gasteiger charge is 2.37. The zero-order valence-corrected chi connectivity index (χ0v) is 16.9. The van der Waals surface area contributed by atoms with Crippen LogP contribution < -0.4 is 4.74 Å². The Labute approximate surface area is 164 Å². The Bertz CT molecular complexity index is 726. The molecule has 0 bridgehead atoms. The smallest absolute Gasteiger partial charge is 0.294 e. The molecule has 1 aliphatic rings. The van der Waals surface area contributed by atoms with E-state index in [0.717, 1.165) is 35.1 Å². The predicted molar refractivity (Wildman–Crippen MR) is 107 cm³/mol. The van der Waals surface area contributed by atoms with Crippen molar-refractivity contribution in [3.8, 4) is 5.75 Å². The maximum atomic E-state index is 12.7. The summed E-state index contributed by atoms with van der Waals surface area (Å²) in [5.41, 5.74) is 0.731. The summed E-state index contributed by atoms with van der Waals surface area (Å²) < 4.78 is 5.56. The van der Waals surface area contributed by atoms with Crippen molar-refractivity contribution >= 4 is 34.9 Å². The summed E-state index contributed by atoms with van der Waals surface area (Å²) in [5, 5.41) is -0.415. The number of hydrogen-bond donors (Lipinski definition) is 0. The number of imide groups is 1. The van der Waals surface area contributed by atoms with Gasteiger partial charge in [-0.1, -0.05) is 32.0 Å². The minimum atomic E-state index is -0.433. The predicted octanol–water partition coefficient (Wildman–Crippen LogP) is 3.77. The second kappa shape index (κ2) is 10.2. The first kappa shape index (κ1) is 21.0. The Kier molecular flexibility index (Phi) is 7.91. The van der Waals surface area contributed by atoms with Gasteiger partial charge in [-0.25, -0.2) is 0 Å². The number of hydrogen-bond acceptors (Lipinski definition) is 5. The van der Waals surface area contributed by atoms with Crippen molar-refractivity contribution in [3.63, 3.8) is 0 Å². The number of benzene rings is 1. The van der Waals surface area contributed by atoms with E-state index >= 15 is 0 Å². The number of carbonyl (C=O) groups excluding carboxylic acids is 3. The highest BCUT2D eigenvalue weighted by atomic mass is 32.2. The average Bonchev–Trinajstić information content (AvgIpc) is 2.91. The van der Waals surface area contributed by atoms with Gasteiger partial charge in [0, 0.05) is 18.7 Å². The molecule has 1 aromatic carbocycles. The monoisotopic (exact) mass is 390 g/mol. The third-order valence-corrected chi connectivity index (χ3v) is 4.92. The summed E-state index contributed by atoms with van der Waals surface area (Å²) in [4.78, 5) is 40.5. The molecule has 0 spiro atoms. The first-order valence-electron chi connectivity index (χ1n) is 9.26. The van der Waals surface area contributed by atoms with Gasteiger partial charge in [-0.2, -0.15) is 0 Å². The molecule has 1 aliphatic heterocycles. The van der Waals surface area contributed by atoms with Crippen LogP contribution in [0.1, 0.15) is 39.2 Å². The van der Waals surface area contributed by atoms with Gasteiger partial charge in [0.1, 0.15) is 12.3 Å². The van der Waals surface area contributed by atoms with Gasteiger partial charge < -0.3 is 9.64 Å². The lowest BCUT2D eigenvalue weighted by molar-refractivity contribution is -0.135. The van der Waals surface area contributed by atoms with E-state index in [4.69, 9.17) is 4.74 Å². The largest absolute Gasteiger partial charge is 0.493 e. The Morgan fingerprint density at radius 1 is 1.15 bits per heavy atom. The zero-order chi connectivity index (χ0) is 19.8. The van der Waals surface area contributed by atoms with Gasteiger partial charge in [-0.05, 0) is 43.7 Å². The molecular weight excluding hydrogens is 364 g/mol. The molecule has 6 nitrogen and oxygen atoms in total. The van der Waals surface area contributed by atoms with Crippen LogP contribution >= 0.6 is 11.8 Å². The van der Waals surface area contributed by atoms with Crippen molar-refractivity contribution in [2.24, 2.45) is 0 Å². The number of para-hydroxylation sites is 1. The fraction of sp³-hybridized carbons (Fsp3) is 0.450. The molecule has 3 amide bonds. The van der Waals surface area contributed by atoms with Crippen LogP contribution in [0.3, 0.4) is 0 Å². The van der Waals surface area contributed by atoms with E-state index in [1.165, 1.54) is 0 Å². The van der Waals surface area contributed by atoms with Crippen LogP contribution in [0.4, 0.5) is 4.79 Å². The van der Waals surface area contributed by atoms with Gasteiger partial charge in [0.2, 0.25) is 5.91 Å². The number of thioether (sulfide) groups is 1. The van der Waals surface area contributed by atoms with E-state index in [0.29, 0.717) is 30.4 Å². The molecule has 0 radical (unpaired) electrons. The number of ether oxygens (including phenoxy) is 1. The number of rotatable bonds is 9. The van der Waals surface area contributed by atoms with Crippen molar-refractivity contribution in [1.82, 2.24) is 9.80 Å². The molecule has 1 fully saturated rings. The van der Waals surface area contributed by atoms with Crippen LogP contribution in [-0.4, -0.2) is 53.1 Å². The molecule has 0 saturated carbocycles. The minimum absolute atomic E-state index is 0.197. The first-order chi connectivity index (χ1) is 13.0. The van der Waals surface area contributed by atoms with Crippen LogP contribution in [0.5, 0.6) is 5.75 Å². The second-order valence-corrected chi connectivity index (χ2v) is 7.11. The van der Waals surface area contributed by atoms with E-state index in [1.54, 1.807) is 11.0 Å². The maximum absolute atomic E-state index is 12.7. The normalized spacial score (nSPS) is 15.5. The van der Waals surface area contributed by atoms with Gasteiger partial charge in [-0.15, -0.1) is 0 Å². The third kappa shape index (κ3) is 5.35. The highest BCUT2D eigenvalue weighted by Crippen LogP contribution is 2.33. The lowest BCUT2D eigenvalue weighted by atomic mass is 10.2. The van der Waals surface area contributed by atoms with E-state index in [2.05, 4.69) is 0 Å². The Balaban J connectivity index is 2.16. The maximum Gasteiger partial charge on any atom is 0.294 e. The first-order valence-corrected chi connectivity index (χ1v) is 10.1. The third-order valence-electron chi connectivity index (χ3n) is 4.01. The Hall–Kier alpha value is -2.28. The fourth-order valence-electron chi connectivity index (χ4n) is 2.80. The van der Waals surface area contributed by atoms with Gasteiger partial charge in [0.05, 0.1) is 11.5 Å². The second-order valence-electron chi connectivity index (χ2n) is 6.12. The molecule has 0 aromatic heterocycles. The molecule has 1 heterocycles. The van der Waals surface area contributed by atoms with E-state index in [9.17, 15) is 14.4 Å². The van der Waals surface area contributed by atoms with Gasteiger partial charge in [0.15, 0.2) is 0 Å². The summed E-state index contributed by atoms with van der Waals surface area (Å²) in [5.74, 6) is 0.0227. The standard InChI is InChI=1S/C20H26N2O4S/c1-4-11-21(12-5-2)18(23)14-22-19(24)17(27-20(22)25)13-15-9-7-8-10-16(15)26-6-3/h7-10,13H,4-6,11-12,14H2,1-3H3/b17-13-. The summed E-state index contributed by atoms with van der Waals surface area (Å²) >= 11 is 0.856. The molecule has 0 aliphatic carbocycles. The van der Waals surface area contributed by atoms with Crippen molar-refractivity contribution < 1.29 is 19.1 Å². The SMILES string of the molecule is CCCN(CCC)C(=O)CN1C(=O)S/C(=C\c2ccccc2OCC)C1=O. The molecule has 0 unspecified atom stereocenters. The van der Waals surface area contributed by atoms with Crippen molar-refractivity contribution in [1.29, 1.82) is 0 Å². The lowest BCUT2D eigenvalue weighted by Gasteiger charge is -2.23. The van der Waals surface area contributed by atoms with Crippen LogP contribution in [0.2, 0.25) is 0 Å². The molecular formula is C20H26N2O4S. The molecule has 27 heavy (non-hydrogen) atoms. The summed E-state index contributed by atoms with van der Waals surface area (Å²) in [6.07, 6.45) is 3.32. The fourth-order valence-corrected chi connectivity index (χ4v) is 3.63. The number of carbonyl (C=O) groups is 3. The van der Waals surface area contributed by atoms with Crippen molar-refractivity contribution in [2.75, 3.05) is 26.2 Å². The van der Waals surface area contributed by atoms with E-state index < -0.39 is 11.1 Å². The van der Waals surface area contributed by atoms with Crippen LogP contribution in [0.25, 0.3) is 6.08 Å². The van der Waals surface area contributed by atoms with Crippen molar-refractivity contribution in [2.45, 2.75) is 33.6 Å². The summed E-state index contributed by atoms with van der Waals surface area (Å²) in [6, 6.07) is 7.34. The Morgan fingerprint density at radius 2 is 1.81 bits per heavy atom. The molecule has 2 rings (SSSR count). The summed E-state index contributed by atoms with van der Waals surface area (Å²) in [6.45, 7) is 7.42. The number of nitrogens with zero attached hydrogens (tertiary/aromatic N) is 2. The summed E-state index contributed by atoms with van der Waals surface area (Å²) in [7, 11) is 0. The molecule has 7 heteroatoms. The van der Waals surface area contributed by atoms with E-state index in [1.807, 2.05) is 45.0 Å². The zero-order valence-electron chi connectivity index (χ0n) is 16.1. The van der Waals surface area contributed by atoms with Gasteiger partial charge in [-0.3, -0.25) is 19.3 Å². The minimum Gasteiger partial charge on any atom is -0.493 e. The van der Waals surface area contributed by atoms with Crippen molar-refractivity contribution in [3.05, 3.63) is 34.7 Å². The lowest BCUT2D eigenvalue weighted by Crippen LogP contribution is -2.42. The van der Waals surface area contributed by atoms with Gasteiger partial charge in [0.25, 0.3) is 11.1 Å². The molecule has 0 atom stereocenters. The van der Waals surface area contributed by atoms with Crippen LogP contribution in [0, 0.1) is 0 Å². The topological polar surface area (TPSA) is 66.9 Å². The van der Waals surface area contributed by atoms with E-state index in [-0.39, 0.29) is 12.5 Å². The molecule has 0 N–H and O–H groups in total. The average molecular weight is 391 g/mol. The van der Waals surface area contributed by atoms with Crippen LogP contribution in [-0.2, 0) is 9.59 Å². The van der Waals surface area contributed by atoms with Gasteiger partial charge >= 0.3 is 0 Å².